The van der Waals surface area contributed by atoms with Crippen LogP contribution in [0.2, 0.25) is 0 Å². The molecule has 0 saturated carbocycles. The second kappa shape index (κ2) is 8.55. The Kier molecular flexibility index (Phi) is 6.38. The van der Waals surface area contributed by atoms with Crippen LogP contribution < -0.4 is 5.32 Å². The van der Waals surface area contributed by atoms with Crippen LogP contribution in [0.5, 0.6) is 0 Å². The first kappa shape index (κ1) is 15.7. The highest BCUT2D eigenvalue weighted by atomic mass is 19.1. The molecule has 1 atom stereocenters. The number of halogens is 1. The minimum absolute atomic E-state index is 0.137. The second-order valence-electron chi connectivity index (χ2n) is 5.22. The van der Waals surface area contributed by atoms with Gasteiger partial charge in [-0.05, 0) is 36.6 Å². The summed E-state index contributed by atoms with van der Waals surface area (Å²) in [5.41, 5.74) is 1.91. The zero-order chi connectivity index (χ0) is 14.9. The van der Waals surface area contributed by atoms with Crippen molar-refractivity contribution in [2.24, 2.45) is 5.92 Å². The minimum atomic E-state index is -0.137. The van der Waals surface area contributed by atoms with Gasteiger partial charge in [0.2, 0.25) is 0 Å². The van der Waals surface area contributed by atoms with Crippen LogP contribution >= 0.6 is 0 Å². The number of nitrogens with one attached hydrogen (secondary N) is 1. The van der Waals surface area contributed by atoms with Gasteiger partial charge < -0.3 is 10.1 Å². The molecule has 3 heteroatoms. The van der Waals surface area contributed by atoms with Crippen molar-refractivity contribution in [3.63, 3.8) is 0 Å². The predicted molar refractivity (Wildman–Crippen MR) is 83.6 cm³/mol. The molecule has 0 amide bonds. The summed E-state index contributed by atoms with van der Waals surface area (Å²) in [5, 5.41) is 3.15. The van der Waals surface area contributed by atoms with Gasteiger partial charge in [-0.3, -0.25) is 0 Å². The standard InChI is InChI=1S/C18H22FNO/c1-20-12-16(11-17-9-5-6-10-18(17)19)14-21-13-15-7-3-2-4-8-15/h2-10,16,20H,11-14H2,1H3. The fraction of sp³-hybridized carbons (Fsp3) is 0.333. The third kappa shape index (κ3) is 5.29. The third-order valence-electron chi connectivity index (χ3n) is 3.42. The van der Waals surface area contributed by atoms with Crippen molar-refractivity contribution in [3.05, 3.63) is 71.5 Å². The van der Waals surface area contributed by atoms with Crippen molar-refractivity contribution < 1.29 is 9.13 Å². The van der Waals surface area contributed by atoms with Gasteiger partial charge in [0.05, 0.1) is 13.2 Å². The largest absolute Gasteiger partial charge is 0.376 e. The molecular weight excluding hydrogens is 265 g/mol. The predicted octanol–water partition coefficient (Wildman–Crippen LogP) is 3.42. The van der Waals surface area contributed by atoms with Gasteiger partial charge in [-0.2, -0.15) is 0 Å². The van der Waals surface area contributed by atoms with Crippen molar-refractivity contribution in [3.8, 4) is 0 Å². The van der Waals surface area contributed by atoms with Crippen LogP contribution in [-0.4, -0.2) is 20.2 Å². The molecule has 21 heavy (non-hydrogen) atoms. The third-order valence-corrected chi connectivity index (χ3v) is 3.42. The van der Waals surface area contributed by atoms with E-state index in [4.69, 9.17) is 4.74 Å². The van der Waals surface area contributed by atoms with Gasteiger partial charge in [0.1, 0.15) is 5.82 Å². The Labute approximate surface area is 126 Å². The first-order valence-electron chi connectivity index (χ1n) is 7.29. The molecule has 2 aromatic carbocycles. The van der Waals surface area contributed by atoms with Gasteiger partial charge in [0, 0.05) is 6.54 Å². The number of hydrogen-bond acceptors (Lipinski definition) is 2. The summed E-state index contributed by atoms with van der Waals surface area (Å²) in [6.45, 7) is 2.02. The molecule has 2 aromatic rings. The number of rotatable bonds is 8. The van der Waals surface area contributed by atoms with Crippen LogP contribution in [0.4, 0.5) is 4.39 Å². The van der Waals surface area contributed by atoms with E-state index in [0.29, 0.717) is 19.6 Å². The summed E-state index contributed by atoms with van der Waals surface area (Å²) >= 11 is 0. The van der Waals surface area contributed by atoms with E-state index in [0.717, 1.165) is 17.7 Å². The van der Waals surface area contributed by atoms with Crippen molar-refractivity contribution in [2.45, 2.75) is 13.0 Å². The Bertz CT molecular complexity index is 530. The van der Waals surface area contributed by atoms with Crippen molar-refractivity contribution in [1.29, 1.82) is 0 Å². The lowest BCUT2D eigenvalue weighted by Crippen LogP contribution is -2.25. The van der Waals surface area contributed by atoms with Gasteiger partial charge in [0.15, 0.2) is 0 Å². The quantitative estimate of drug-likeness (QED) is 0.803. The first-order chi connectivity index (χ1) is 10.3. The molecule has 1 unspecified atom stereocenters. The Morgan fingerprint density at radius 3 is 2.48 bits per heavy atom. The van der Waals surface area contributed by atoms with Gasteiger partial charge in [0.25, 0.3) is 0 Å². The summed E-state index contributed by atoms with van der Waals surface area (Å²) in [4.78, 5) is 0. The lowest BCUT2D eigenvalue weighted by atomic mass is 9.99. The fourth-order valence-electron chi connectivity index (χ4n) is 2.37. The first-order valence-corrected chi connectivity index (χ1v) is 7.29. The van der Waals surface area contributed by atoms with E-state index in [-0.39, 0.29) is 11.7 Å². The van der Waals surface area contributed by atoms with E-state index in [2.05, 4.69) is 5.32 Å². The maximum Gasteiger partial charge on any atom is 0.126 e. The van der Waals surface area contributed by atoms with Crippen molar-refractivity contribution in [1.82, 2.24) is 5.32 Å². The van der Waals surface area contributed by atoms with Crippen LogP contribution in [0.1, 0.15) is 11.1 Å². The van der Waals surface area contributed by atoms with Gasteiger partial charge in [-0.25, -0.2) is 4.39 Å². The number of benzene rings is 2. The van der Waals surface area contributed by atoms with Gasteiger partial charge in [-0.15, -0.1) is 0 Å². The molecule has 0 fully saturated rings. The molecule has 0 aromatic heterocycles. The maximum atomic E-state index is 13.7. The average Bonchev–Trinajstić information content (AvgIpc) is 2.51. The van der Waals surface area contributed by atoms with Gasteiger partial charge >= 0.3 is 0 Å². The Morgan fingerprint density at radius 2 is 1.76 bits per heavy atom. The monoisotopic (exact) mass is 287 g/mol. The zero-order valence-corrected chi connectivity index (χ0v) is 12.4. The molecule has 0 saturated heterocycles. The Hall–Kier alpha value is -1.71. The van der Waals surface area contributed by atoms with Crippen LogP contribution in [0, 0.1) is 11.7 Å². The lowest BCUT2D eigenvalue weighted by molar-refractivity contribution is 0.0869. The Morgan fingerprint density at radius 1 is 1.05 bits per heavy atom. The van der Waals surface area contributed by atoms with Crippen LogP contribution in [0.25, 0.3) is 0 Å². The molecular formula is C18H22FNO. The molecule has 0 bridgehead atoms. The molecule has 2 rings (SSSR count). The molecule has 112 valence electrons. The molecule has 0 aliphatic carbocycles. The summed E-state index contributed by atoms with van der Waals surface area (Å²) in [6.07, 6.45) is 0.683. The minimum Gasteiger partial charge on any atom is -0.376 e. The number of hydrogen-bond donors (Lipinski definition) is 1. The molecule has 0 heterocycles. The van der Waals surface area contributed by atoms with E-state index in [1.54, 1.807) is 6.07 Å². The molecule has 1 N–H and O–H groups in total. The fourth-order valence-corrected chi connectivity index (χ4v) is 2.37. The van der Waals surface area contributed by atoms with E-state index < -0.39 is 0 Å². The SMILES string of the molecule is CNCC(COCc1ccccc1)Cc1ccccc1F. The lowest BCUT2D eigenvalue weighted by Gasteiger charge is -2.17. The average molecular weight is 287 g/mol. The van der Waals surface area contributed by atoms with E-state index in [9.17, 15) is 4.39 Å². The topological polar surface area (TPSA) is 21.3 Å². The molecule has 0 spiro atoms. The van der Waals surface area contributed by atoms with E-state index in [1.165, 1.54) is 6.07 Å². The van der Waals surface area contributed by atoms with Crippen molar-refractivity contribution >= 4 is 0 Å². The highest BCUT2D eigenvalue weighted by molar-refractivity contribution is 5.18. The van der Waals surface area contributed by atoms with Crippen molar-refractivity contribution in [2.75, 3.05) is 20.2 Å². The summed E-state index contributed by atoms with van der Waals surface area (Å²) in [7, 11) is 1.91. The van der Waals surface area contributed by atoms with Crippen LogP contribution in [0.3, 0.4) is 0 Å². The summed E-state index contributed by atoms with van der Waals surface area (Å²) in [5.74, 6) is 0.122. The van der Waals surface area contributed by atoms with Crippen LogP contribution in [-0.2, 0) is 17.8 Å². The molecule has 0 radical (unpaired) electrons. The highest BCUT2D eigenvalue weighted by Crippen LogP contribution is 2.13. The second-order valence-corrected chi connectivity index (χ2v) is 5.22. The maximum absolute atomic E-state index is 13.7. The normalized spacial score (nSPS) is 12.3. The Balaban J connectivity index is 1.86. The highest BCUT2D eigenvalue weighted by Gasteiger charge is 2.12. The molecule has 0 aliphatic rings. The summed E-state index contributed by atoms with van der Waals surface area (Å²) < 4.78 is 19.5. The molecule has 0 aliphatic heterocycles. The van der Waals surface area contributed by atoms with Crippen LogP contribution in [0.15, 0.2) is 54.6 Å². The molecule has 2 nitrogen and oxygen atoms in total. The van der Waals surface area contributed by atoms with Gasteiger partial charge in [-0.1, -0.05) is 48.5 Å². The zero-order valence-electron chi connectivity index (χ0n) is 12.4. The number of ether oxygens (including phenoxy) is 1. The van der Waals surface area contributed by atoms with E-state index in [1.807, 2.05) is 49.5 Å². The smallest absolute Gasteiger partial charge is 0.126 e. The van der Waals surface area contributed by atoms with E-state index >= 15 is 0 Å². The summed E-state index contributed by atoms with van der Waals surface area (Å²) in [6, 6.07) is 17.0.